The zero-order valence-corrected chi connectivity index (χ0v) is 13.0. The van der Waals surface area contributed by atoms with E-state index in [1.54, 1.807) is 11.0 Å². The molecule has 2 rings (SSSR count). The highest BCUT2D eigenvalue weighted by molar-refractivity contribution is 5.96. The van der Waals surface area contributed by atoms with Crippen LogP contribution in [0, 0.1) is 5.92 Å². The van der Waals surface area contributed by atoms with Crippen molar-refractivity contribution in [3.8, 4) is 0 Å². The molecule has 0 radical (unpaired) electrons. The first-order valence-electron chi connectivity index (χ1n) is 7.01. The van der Waals surface area contributed by atoms with E-state index in [9.17, 15) is 4.79 Å². The number of carbonyl (C=O) groups excluding carboxylic acids is 1. The van der Waals surface area contributed by atoms with E-state index in [4.69, 9.17) is 0 Å². The number of likely N-dealkylation sites (N-methyl/N-ethyl adjacent to an activating group) is 1. The summed E-state index contributed by atoms with van der Waals surface area (Å²) in [6, 6.07) is 2.15. The van der Waals surface area contributed by atoms with E-state index in [1.165, 1.54) is 0 Å². The zero-order chi connectivity index (χ0) is 15.0. The van der Waals surface area contributed by atoms with E-state index < -0.39 is 0 Å². The Balaban J connectivity index is 2.72. The van der Waals surface area contributed by atoms with Crippen LogP contribution in [0.1, 0.15) is 49.8 Å². The molecule has 0 bridgehead atoms. The Bertz CT molecular complexity index is 577. The molecule has 0 spiro atoms. The van der Waals surface area contributed by atoms with Gasteiger partial charge in [0.1, 0.15) is 11.5 Å². The molecule has 0 aromatic carbocycles. The molecule has 2 heterocycles. The monoisotopic (exact) mass is 273 g/mol. The molecule has 0 N–H and O–H groups in total. The van der Waals surface area contributed by atoms with Crippen LogP contribution in [0.5, 0.6) is 0 Å². The summed E-state index contributed by atoms with van der Waals surface area (Å²) >= 11 is 0. The van der Waals surface area contributed by atoms with Crippen LogP contribution in [0.3, 0.4) is 0 Å². The zero-order valence-electron chi connectivity index (χ0n) is 13.0. The van der Waals surface area contributed by atoms with Crippen molar-refractivity contribution in [3.63, 3.8) is 0 Å². The van der Waals surface area contributed by atoms with E-state index >= 15 is 0 Å². The van der Waals surface area contributed by atoms with Crippen molar-refractivity contribution >= 4 is 23.5 Å². The van der Waals surface area contributed by atoms with Crippen molar-refractivity contribution in [2.75, 3.05) is 13.6 Å². The van der Waals surface area contributed by atoms with Crippen LogP contribution in [0.25, 0.3) is 6.08 Å². The number of amides is 1. The van der Waals surface area contributed by atoms with E-state index in [2.05, 4.69) is 30.0 Å². The SMILES string of the molecule is C=Cc1cc2n(c1N=C(C)C)C(C(C)C)CN(C)C2=O. The van der Waals surface area contributed by atoms with Gasteiger partial charge in [-0.15, -0.1) is 0 Å². The highest BCUT2D eigenvalue weighted by Crippen LogP contribution is 2.36. The summed E-state index contributed by atoms with van der Waals surface area (Å²) in [5.41, 5.74) is 2.62. The van der Waals surface area contributed by atoms with Crippen molar-refractivity contribution in [3.05, 3.63) is 23.9 Å². The highest BCUT2D eigenvalue weighted by atomic mass is 16.2. The Kier molecular flexibility index (Phi) is 3.84. The molecule has 1 amide bonds. The molecule has 1 aromatic rings. The lowest BCUT2D eigenvalue weighted by molar-refractivity contribution is 0.0697. The van der Waals surface area contributed by atoms with Gasteiger partial charge >= 0.3 is 0 Å². The summed E-state index contributed by atoms with van der Waals surface area (Å²) in [7, 11) is 1.86. The minimum absolute atomic E-state index is 0.0557. The fourth-order valence-corrected chi connectivity index (χ4v) is 2.67. The number of rotatable bonds is 3. The number of carbonyl (C=O) groups is 1. The van der Waals surface area contributed by atoms with E-state index in [0.717, 1.165) is 23.6 Å². The number of nitrogens with zero attached hydrogens (tertiary/aromatic N) is 3. The predicted octanol–water partition coefficient (Wildman–Crippen LogP) is 3.53. The van der Waals surface area contributed by atoms with Gasteiger partial charge in [-0.05, 0) is 25.8 Å². The summed E-state index contributed by atoms with van der Waals surface area (Å²) in [6.07, 6.45) is 1.78. The maximum absolute atomic E-state index is 12.4. The Morgan fingerprint density at radius 3 is 2.65 bits per heavy atom. The molecule has 1 aliphatic heterocycles. The van der Waals surface area contributed by atoms with Gasteiger partial charge in [0, 0.05) is 24.9 Å². The summed E-state index contributed by atoms with van der Waals surface area (Å²) in [4.78, 5) is 18.8. The average molecular weight is 273 g/mol. The van der Waals surface area contributed by atoms with Gasteiger partial charge in [0.05, 0.1) is 6.04 Å². The standard InChI is InChI=1S/C16H23N3O/c1-7-12-8-13-16(20)18(6)9-14(10(2)3)19(13)15(12)17-11(4)5/h7-8,10,14H,1,9H2,2-6H3. The first kappa shape index (κ1) is 14.6. The van der Waals surface area contributed by atoms with Crippen LogP contribution in [-0.4, -0.2) is 34.7 Å². The van der Waals surface area contributed by atoms with Crippen LogP contribution < -0.4 is 0 Å². The lowest BCUT2D eigenvalue weighted by Crippen LogP contribution is -2.41. The number of fused-ring (bicyclic) bond motifs is 1. The smallest absolute Gasteiger partial charge is 0.270 e. The minimum Gasteiger partial charge on any atom is -0.338 e. The van der Waals surface area contributed by atoms with Crippen LogP contribution in [0.2, 0.25) is 0 Å². The van der Waals surface area contributed by atoms with Crippen molar-refractivity contribution < 1.29 is 4.79 Å². The fourth-order valence-electron chi connectivity index (χ4n) is 2.67. The average Bonchev–Trinajstić information content (AvgIpc) is 2.72. The van der Waals surface area contributed by atoms with Gasteiger partial charge in [0.25, 0.3) is 5.91 Å². The maximum atomic E-state index is 12.4. The van der Waals surface area contributed by atoms with Crippen molar-refractivity contribution in [2.45, 2.75) is 33.7 Å². The second kappa shape index (κ2) is 5.27. The second-order valence-corrected chi connectivity index (χ2v) is 5.94. The normalized spacial score (nSPS) is 18.2. The van der Waals surface area contributed by atoms with Crippen molar-refractivity contribution in [2.24, 2.45) is 10.9 Å². The summed E-state index contributed by atoms with van der Waals surface area (Å²) in [5, 5.41) is 0. The number of aliphatic imine (C=N–C) groups is 1. The highest BCUT2D eigenvalue weighted by Gasteiger charge is 2.33. The van der Waals surface area contributed by atoms with E-state index in [0.29, 0.717) is 11.6 Å². The first-order chi connectivity index (χ1) is 9.36. The van der Waals surface area contributed by atoms with Gasteiger partial charge in [-0.25, -0.2) is 4.99 Å². The first-order valence-corrected chi connectivity index (χ1v) is 7.01. The largest absolute Gasteiger partial charge is 0.338 e. The fraction of sp³-hybridized carbons (Fsp3) is 0.500. The van der Waals surface area contributed by atoms with Crippen LogP contribution in [-0.2, 0) is 0 Å². The number of hydrogen-bond acceptors (Lipinski definition) is 2. The van der Waals surface area contributed by atoms with E-state index in [-0.39, 0.29) is 11.9 Å². The number of hydrogen-bond donors (Lipinski definition) is 0. The molecule has 4 heteroatoms. The molecule has 1 aromatic heterocycles. The Morgan fingerprint density at radius 2 is 2.15 bits per heavy atom. The van der Waals surface area contributed by atoms with Crippen LogP contribution in [0.15, 0.2) is 17.6 Å². The summed E-state index contributed by atoms with van der Waals surface area (Å²) in [5.74, 6) is 1.34. The molecule has 1 aliphatic rings. The molecule has 0 aliphatic carbocycles. The lowest BCUT2D eigenvalue weighted by Gasteiger charge is -2.35. The van der Waals surface area contributed by atoms with Gasteiger partial charge < -0.3 is 9.47 Å². The second-order valence-electron chi connectivity index (χ2n) is 5.94. The molecule has 4 nitrogen and oxygen atoms in total. The maximum Gasteiger partial charge on any atom is 0.270 e. The number of aromatic nitrogens is 1. The van der Waals surface area contributed by atoms with Crippen molar-refractivity contribution in [1.29, 1.82) is 0 Å². The lowest BCUT2D eigenvalue weighted by atomic mass is 10.0. The molecular formula is C16H23N3O. The van der Waals surface area contributed by atoms with Gasteiger partial charge in [-0.2, -0.15) is 0 Å². The van der Waals surface area contributed by atoms with Gasteiger partial charge in [-0.3, -0.25) is 4.79 Å². The van der Waals surface area contributed by atoms with Crippen LogP contribution in [0.4, 0.5) is 5.82 Å². The third-order valence-electron chi connectivity index (χ3n) is 3.72. The van der Waals surface area contributed by atoms with Gasteiger partial charge in [0.2, 0.25) is 0 Å². The van der Waals surface area contributed by atoms with Crippen LogP contribution >= 0.6 is 0 Å². The third-order valence-corrected chi connectivity index (χ3v) is 3.72. The Hall–Kier alpha value is -1.84. The molecular weight excluding hydrogens is 250 g/mol. The molecule has 1 unspecified atom stereocenters. The van der Waals surface area contributed by atoms with Crippen molar-refractivity contribution in [1.82, 2.24) is 9.47 Å². The molecule has 108 valence electrons. The topological polar surface area (TPSA) is 37.6 Å². The summed E-state index contributed by atoms with van der Waals surface area (Å²) in [6.45, 7) is 12.9. The molecule has 0 fully saturated rings. The van der Waals surface area contributed by atoms with Gasteiger partial charge in [-0.1, -0.05) is 26.5 Å². The predicted molar refractivity (Wildman–Crippen MR) is 83.8 cm³/mol. The molecule has 1 atom stereocenters. The quantitative estimate of drug-likeness (QED) is 0.776. The molecule has 0 saturated carbocycles. The molecule has 0 saturated heterocycles. The minimum atomic E-state index is 0.0557. The summed E-state index contributed by atoms with van der Waals surface area (Å²) < 4.78 is 2.09. The van der Waals surface area contributed by atoms with Gasteiger partial charge in [0.15, 0.2) is 0 Å². The Morgan fingerprint density at radius 1 is 1.50 bits per heavy atom. The molecule has 20 heavy (non-hydrogen) atoms. The third kappa shape index (κ3) is 2.30. The Labute approximate surface area is 120 Å². The van der Waals surface area contributed by atoms with E-state index in [1.807, 2.05) is 27.0 Å².